The minimum Gasteiger partial charge on any atom is -0.353 e. The summed E-state index contributed by atoms with van der Waals surface area (Å²) >= 11 is 6.02. The maximum Gasteiger partial charge on any atom is 0.226 e. The van der Waals surface area contributed by atoms with Gasteiger partial charge in [-0.25, -0.2) is 4.98 Å². The molecule has 2 aromatic rings. The first-order valence-corrected chi connectivity index (χ1v) is 6.76. The largest absolute Gasteiger partial charge is 0.353 e. The number of hydrogen-bond donors (Lipinski definition) is 0. The Balaban J connectivity index is 2.07. The normalized spacial score (nSPS) is 17.1. The fourth-order valence-electron chi connectivity index (χ4n) is 2.32. The van der Waals surface area contributed by atoms with Crippen LogP contribution in [-0.2, 0) is 0 Å². The van der Waals surface area contributed by atoms with E-state index in [1.54, 1.807) is 0 Å². The van der Waals surface area contributed by atoms with Gasteiger partial charge in [0.1, 0.15) is 5.82 Å². The van der Waals surface area contributed by atoms with Gasteiger partial charge in [-0.1, -0.05) is 0 Å². The summed E-state index contributed by atoms with van der Waals surface area (Å²) in [6, 6.07) is 4.01. The van der Waals surface area contributed by atoms with Gasteiger partial charge in [0.05, 0.1) is 5.39 Å². The molecule has 0 N–H and O–H groups in total. The van der Waals surface area contributed by atoms with E-state index in [1.165, 1.54) is 0 Å². The standard InChI is InChI=1S/C13H16ClN5/c1-9-3-4-10-11(15-9)16-13(14)17-12(10)19-7-5-18(2)6-8-19/h3-4H,5-8H2,1-2H3. The molecule has 3 heterocycles. The highest BCUT2D eigenvalue weighted by atomic mass is 35.5. The number of hydrogen-bond acceptors (Lipinski definition) is 5. The molecule has 0 aliphatic carbocycles. The van der Waals surface area contributed by atoms with Gasteiger partial charge in [0, 0.05) is 31.9 Å². The molecule has 5 nitrogen and oxygen atoms in total. The fourth-order valence-corrected chi connectivity index (χ4v) is 2.48. The number of anilines is 1. The Morgan fingerprint density at radius 3 is 2.53 bits per heavy atom. The average molecular weight is 278 g/mol. The van der Waals surface area contributed by atoms with Crippen molar-refractivity contribution in [3.63, 3.8) is 0 Å². The molecule has 0 atom stereocenters. The van der Waals surface area contributed by atoms with Crippen molar-refractivity contribution in [3.8, 4) is 0 Å². The third-order valence-corrected chi connectivity index (χ3v) is 3.62. The number of pyridine rings is 1. The highest BCUT2D eigenvalue weighted by Gasteiger charge is 2.19. The molecule has 0 spiro atoms. The van der Waals surface area contributed by atoms with Crippen molar-refractivity contribution in [2.75, 3.05) is 38.1 Å². The number of aromatic nitrogens is 3. The second-order valence-corrected chi connectivity index (χ2v) is 5.27. The monoisotopic (exact) mass is 277 g/mol. The maximum absolute atomic E-state index is 6.02. The van der Waals surface area contributed by atoms with Crippen LogP contribution in [0.15, 0.2) is 12.1 Å². The highest BCUT2D eigenvalue weighted by Crippen LogP contribution is 2.25. The van der Waals surface area contributed by atoms with Crippen LogP contribution >= 0.6 is 11.6 Å². The van der Waals surface area contributed by atoms with Crippen LogP contribution in [0.2, 0.25) is 5.28 Å². The van der Waals surface area contributed by atoms with E-state index in [0.29, 0.717) is 5.65 Å². The third kappa shape index (κ3) is 2.48. The minimum atomic E-state index is 0.263. The van der Waals surface area contributed by atoms with E-state index in [9.17, 15) is 0 Å². The molecule has 6 heteroatoms. The van der Waals surface area contributed by atoms with E-state index in [4.69, 9.17) is 11.6 Å². The lowest BCUT2D eigenvalue weighted by Crippen LogP contribution is -2.45. The molecule has 19 heavy (non-hydrogen) atoms. The molecule has 0 bridgehead atoms. The van der Waals surface area contributed by atoms with Crippen molar-refractivity contribution < 1.29 is 0 Å². The van der Waals surface area contributed by atoms with Crippen LogP contribution in [0.1, 0.15) is 5.69 Å². The van der Waals surface area contributed by atoms with Gasteiger partial charge in [-0.15, -0.1) is 0 Å². The van der Waals surface area contributed by atoms with Crippen LogP contribution in [0.3, 0.4) is 0 Å². The van der Waals surface area contributed by atoms with Crippen LogP contribution in [-0.4, -0.2) is 53.1 Å². The highest BCUT2D eigenvalue weighted by molar-refractivity contribution is 6.28. The molecule has 100 valence electrons. The SMILES string of the molecule is Cc1ccc2c(N3CCN(C)CC3)nc(Cl)nc2n1. The predicted octanol–water partition coefficient (Wildman–Crippen LogP) is 1.74. The summed E-state index contributed by atoms with van der Waals surface area (Å²) in [7, 11) is 2.13. The molecule has 0 unspecified atom stereocenters. The lowest BCUT2D eigenvalue weighted by molar-refractivity contribution is 0.312. The summed E-state index contributed by atoms with van der Waals surface area (Å²) < 4.78 is 0. The van der Waals surface area contributed by atoms with E-state index < -0.39 is 0 Å². The van der Waals surface area contributed by atoms with Gasteiger partial charge in [0.2, 0.25) is 5.28 Å². The van der Waals surface area contributed by atoms with Crippen molar-refractivity contribution in [1.29, 1.82) is 0 Å². The Morgan fingerprint density at radius 2 is 1.79 bits per heavy atom. The van der Waals surface area contributed by atoms with Crippen molar-refractivity contribution >= 4 is 28.5 Å². The van der Waals surface area contributed by atoms with E-state index in [0.717, 1.165) is 43.1 Å². The molecular weight excluding hydrogens is 262 g/mol. The lowest BCUT2D eigenvalue weighted by Gasteiger charge is -2.33. The van der Waals surface area contributed by atoms with Gasteiger partial charge in [-0.3, -0.25) is 0 Å². The summed E-state index contributed by atoms with van der Waals surface area (Å²) in [6.45, 7) is 5.91. The predicted molar refractivity (Wildman–Crippen MR) is 76.8 cm³/mol. The molecule has 0 saturated carbocycles. The van der Waals surface area contributed by atoms with E-state index in [1.807, 2.05) is 19.1 Å². The summed E-state index contributed by atoms with van der Waals surface area (Å²) in [4.78, 5) is 17.6. The summed E-state index contributed by atoms with van der Waals surface area (Å²) in [5.74, 6) is 0.899. The number of piperazine rings is 1. The zero-order chi connectivity index (χ0) is 13.4. The third-order valence-electron chi connectivity index (χ3n) is 3.45. The number of nitrogens with zero attached hydrogens (tertiary/aromatic N) is 5. The quantitative estimate of drug-likeness (QED) is 0.743. The number of fused-ring (bicyclic) bond motifs is 1. The van der Waals surface area contributed by atoms with Crippen LogP contribution in [0.5, 0.6) is 0 Å². The van der Waals surface area contributed by atoms with Gasteiger partial charge < -0.3 is 9.80 Å². The fraction of sp³-hybridized carbons (Fsp3) is 0.462. The Bertz CT molecular complexity index is 602. The number of rotatable bonds is 1. The van der Waals surface area contributed by atoms with Crippen LogP contribution in [0.25, 0.3) is 11.0 Å². The second kappa shape index (κ2) is 4.90. The summed E-state index contributed by atoms with van der Waals surface area (Å²) in [6.07, 6.45) is 0. The number of halogens is 1. The first kappa shape index (κ1) is 12.6. The minimum absolute atomic E-state index is 0.263. The van der Waals surface area contributed by atoms with E-state index in [-0.39, 0.29) is 5.28 Å². The first-order chi connectivity index (χ1) is 9.13. The molecule has 0 aromatic carbocycles. The van der Waals surface area contributed by atoms with Gasteiger partial charge in [-0.05, 0) is 37.7 Å². The molecule has 1 aliphatic heterocycles. The molecule has 1 fully saturated rings. The molecule has 1 saturated heterocycles. The van der Waals surface area contributed by atoms with Gasteiger partial charge >= 0.3 is 0 Å². The average Bonchev–Trinajstić information content (AvgIpc) is 2.38. The summed E-state index contributed by atoms with van der Waals surface area (Å²) in [5.41, 5.74) is 1.61. The maximum atomic E-state index is 6.02. The zero-order valence-electron chi connectivity index (χ0n) is 11.1. The molecule has 0 radical (unpaired) electrons. The second-order valence-electron chi connectivity index (χ2n) is 4.93. The van der Waals surface area contributed by atoms with Crippen LogP contribution < -0.4 is 4.90 Å². The van der Waals surface area contributed by atoms with Crippen molar-refractivity contribution in [2.24, 2.45) is 0 Å². The molecule has 3 rings (SSSR count). The Labute approximate surface area is 117 Å². The van der Waals surface area contributed by atoms with Crippen LogP contribution in [0.4, 0.5) is 5.82 Å². The first-order valence-electron chi connectivity index (χ1n) is 6.38. The van der Waals surface area contributed by atoms with Crippen LogP contribution in [0, 0.1) is 6.92 Å². The van der Waals surface area contributed by atoms with E-state index >= 15 is 0 Å². The number of aryl methyl sites for hydroxylation is 1. The van der Waals surface area contributed by atoms with Crippen molar-refractivity contribution in [3.05, 3.63) is 23.1 Å². The van der Waals surface area contributed by atoms with Gasteiger partial charge in [0.15, 0.2) is 5.65 Å². The Hall–Kier alpha value is -1.46. The molecule has 2 aromatic heterocycles. The lowest BCUT2D eigenvalue weighted by atomic mass is 10.2. The molecule has 1 aliphatic rings. The van der Waals surface area contributed by atoms with Crippen molar-refractivity contribution in [1.82, 2.24) is 19.9 Å². The van der Waals surface area contributed by atoms with Gasteiger partial charge in [-0.2, -0.15) is 9.97 Å². The zero-order valence-corrected chi connectivity index (χ0v) is 11.9. The Morgan fingerprint density at radius 1 is 1.05 bits per heavy atom. The Kier molecular flexibility index (Phi) is 3.24. The molecule has 0 amide bonds. The van der Waals surface area contributed by atoms with Gasteiger partial charge in [0.25, 0.3) is 0 Å². The number of likely N-dealkylation sites (N-methyl/N-ethyl adjacent to an activating group) is 1. The van der Waals surface area contributed by atoms with E-state index in [2.05, 4.69) is 31.8 Å². The van der Waals surface area contributed by atoms with Crippen molar-refractivity contribution in [2.45, 2.75) is 6.92 Å². The smallest absolute Gasteiger partial charge is 0.226 e. The molecular formula is C13H16ClN5. The topological polar surface area (TPSA) is 45.2 Å². The summed E-state index contributed by atoms with van der Waals surface area (Å²) in [5, 5.41) is 1.24.